The van der Waals surface area contributed by atoms with Crippen molar-refractivity contribution in [3.8, 4) is 0 Å². The van der Waals surface area contributed by atoms with Crippen molar-refractivity contribution in [2.24, 2.45) is 0 Å². The Balaban J connectivity index is 2.02. The molecule has 2 aromatic heterocycles. The van der Waals surface area contributed by atoms with Gasteiger partial charge in [0.15, 0.2) is 0 Å². The molecule has 0 radical (unpaired) electrons. The van der Waals surface area contributed by atoms with Crippen LogP contribution in [0.3, 0.4) is 0 Å². The predicted molar refractivity (Wildman–Crippen MR) is 88.7 cm³/mol. The van der Waals surface area contributed by atoms with Crippen LogP contribution in [0, 0.1) is 0 Å². The van der Waals surface area contributed by atoms with E-state index in [-0.39, 0.29) is 0 Å². The molecule has 0 unspecified atom stereocenters. The van der Waals surface area contributed by atoms with Crippen LogP contribution in [0.2, 0.25) is 0 Å². The van der Waals surface area contributed by atoms with Gasteiger partial charge in [-0.05, 0) is 18.5 Å². The van der Waals surface area contributed by atoms with Crippen molar-refractivity contribution in [1.29, 1.82) is 0 Å². The molecule has 0 aliphatic heterocycles. The van der Waals surface area contributed by atoms with E-state index in [0.29, 0.717) is 0 Å². The van der Waals surface area contributed by atoms with Gasteiger partial charge in [0, 0.05) is 24.4 Å². The Kier molecular flexibility index (Phi) is 4.13. The zero-order valence-electron chi connectivity index (χ0n) is 12.2. The fourth-order valence-electron chi connectivity index (χ4n) is 2.43. The summed E-state index contributed by atoms with van der Waals surface area (Å²) >= 11 is 1.62. The smallest absolute Gasteiger partial charge is 0.136 e. The second-order valence-corrected chi connectivity index (χ2v) is 5.74. The Hall–Kier alpha value is -1.98. The Morgan fingerprint density at radius 3 is 2.86 bits per heavy atom. The highest BCUT2D eigenvalue weighted by atomic mass is 32.1. The first kappa shape index (κ1) is 14.0. The summed E-state index contributed by atoms with van der Waals surface area (Å²) in [5.74, 6) is 1.01. The van der Waals surface area contributed by atoms with Crippen LogP contribution in [-0.4, -0.2) is 24.1 Å². The molecule has 0 bridgehead atoms. The predicted octanol–water partition coefficient (Wildman–Crippen LogP) is 3.05. The molecular weight excluding hydrogens is 280 g/mol. The van der Waals surface area contributed by atoms with E-state index in [0.717, 1.165) is 30.3 Å². The first-order chi connectivity index (χ1) is 10.3. The summed E-state index contributed by atoms with van der Waals surface area (Å²) in [6.45, 7) is 1.53. The summed E-state index contributed by atoms with van der Waals surface area (Å²) in [5, 5.41) is 7.64. The van der Waals surface area contributed by atoms with Crippen LogP contribution in [0.4, 0.5) is 5.82 Å². The lowest BCUT2D eigenvalue weighted by Gasteiger charge is -2.20. The maximum atomic E-state index is 4.81. The third-order valence-electron chi connectivity index (χ3n) is 3.38. The lowest BCUT2D eigenvalue weighted by molar-refractivity contribution is 0.785. The summed E-state index contributed by atoms with van der Waals surface area (Å²) in [4.78, 5) is 11.3. The first-order valence-corrected chi connectivity index (χ1v) is 7.83. The number of benzene rings is 1. The van der Waals surface area contributed by atoms with E-state index in [2.05, 4.69) is 58.0 Å². The number of hydrogen-bond acceptors (Lipinski definition) is 5. The van der Waals surface area contributed by atoms with E-state index in [4.69, 9.17) is 4.98 Å². The van der Waals surface area contributed by atoms with Crippen molar-refractivity contribution >= 4 is 27.9 Å². The van der Waals surface area contributed by atoms with Gasteiger partial charge in [-0.3, -0.25) is 0 Å². The van der Waals surface area contributed by atoms with Crippen LogP contribution >= 0.6 is 11.3 Å². The van der Waals surface area contributed by atoms with Crippen LogP contribution in [0.1, 0.15) is 11.4 Å². The summed E-state index contributed by atoms with van der Waals surface area (Å²) in [6.07, 6.45) is 0. The van der Waals surface area contributed by atoms with Crippen LogP contribution in [0.5, 0.6) is 0 Å². The third-order valence-corrected chi connectivity index (χ3v) is 4.01. The number of thiazole rings is 1. The van der Waals surface area contributed by atoms with Gasteiger partial charge in [0.1, 0.15) is 5.82 Å². The van der Waals surface area contributed by atoms with Gasteiger partial charge in [-0.15, -0.1) is 11.3 Å². The topological polar surface area (TPSA) is 41.0 Å². The minimum Gasteiger partial charge on any atom is -0.353 e. The molecule has 0 atom stereocenters. The van der Waals surface area contributed by atoms with Crippen LogP contribution < -0.4 is 10.2 Å². The van der Waals surface area contributed by atoms with Crippen LogP contribution in [0.25, 0.3) is 10.8 Å². The molecule has 0 saturated carbocycles. The van der Waals surface area contributed by atoms with E-state index in [1.54, 1.807) is 11.3 Å². The molecule has 2 heterocycles. The van der Waals surface area contributed by atoms with Crippen molar-refractivity contribution in [2.75, 3.05) is 19.0 Å². The second kappa shape index (κ2) is 6.20. The molecular formula is C16H18N4S. The normalized spacial score (nSPS) is 11.0. The summed E-state index contributed by atoms with van der Waals surface area (Å²) in [6, 6.07) is 10.5. The maximum absolute atomic E-state index is 4.81. The van der Waals surface area contributed by atoms with Crippen molar-refractivity contribution in [3.63, 3.8) is 0 Å². The van der Waals surface area contributed by atoms with Gasteiger partial charge < -0.3 is 10.2 Å². The molecule has 5 heteroatoms. The highest BCUT2D eigenvalue weighted by molar-refractivity contribution is 7.07. The van der Waals surface area contributed by atoms with Gasteiger partial charge in [0.25, 0.3) is 0 Å². The Morgan fingerprint density at radius 1 is 1.24 bits per heavy atom. The largest absolute Gasteiger partial charge is 0.353 e. The molecule has 3 aromatic rings. The number of nitrogens with zero attached hydrogens (tertiary/aromatic N) is 3. The molecule has 0 fully saturated rings. The van der Waals surface area contributed by atoms with Crippen molar-refractivity contribution in [3.05, 3.63) is 52.6 Å². The number of rotatable bonds is 5. The average Bonchev–Trinajstić information content (AvgIpc) is 2.99. The molecule has 0 spiro atoms. The van der Waals surface area contributed by atoms with E-state index in [9.17, 15) is 0 Å². The van der Waals surface area contributed by atoms with Gasteiger partial charge >= 0.3 is 0 Å². The second-order valence-electron chi connectivity index (χ2n) is 5.02. The van der Waals surface area contributed by atoms with Gasteiger partial charge in [-0.25, -0.2) is 9.97 Å². The third kappa shape index (κ3) is 3.04. The van der Waals surface area contributed by atoms with E-state index < -0.39 is 0 Å². The number of pyridine rings is 1. The monoisotopic (exact) mass is 298 g/mol. The molecule has 0 saturated heterocycles. The van der Waals surface area contributed by atoms with Crippen molar-refractivity contribution < 1.29 is 0 Å². The number of anilines is 1. The Bertz CT molecular complexity index is 724. The fraction of sp³-hybridized carbons (Fsp3) is 0.250. The Labute approximate surface area is 128 Å². The van der Waals surface area contributed by atoms with Gasteiger partial charge in [0.05, 0.1) is 23.4 Å². The molecule has 3 rings (SSSR count). The average molecular weight is 298 g/mol. The lowest BCUT2D eigenvalue weighted by atomic mass is 10.1. The molecule has 4 nitrogen and oxygen atoms in total. The number of nitrogens with one attached hydrogen (secondary N) is 1. The first-order valence-electron chi connectivity index (χ1n) is 6.89. The molecule has 0 aliphatic carbocycles. The summed E-state index contributed by atoms with van der Waals surface area (Å²) < 4.78 is 0. The zero-order valence-corrected chi connectivity index (χ0v) is 13.0. The van der Waals surface area contributed by atoms with Crippen molar-refractivity contribution in [1.82, 2.24) is 15.3 Å². The molecule has 21 heavy (non-hydrogen) atoms. The number of hydrogen-bond donors (Lipinski definition) is 1. The molecule has 108 valence electrons. The standard InChI is InChI=1S/C16H18N4S/c1-17-8-13-7-12-5-3-4-6-15(12)16(19-13)20(2)9-14-10-21-11-18-14/h3-7,10-11,17H,8-9H2,1-2H3. The van der Waals surface area contributed by atoms with E-state index >= 15 is 0 Å². The SMILES string of the molecule is CNCc1cc2ccccc2c(N(C)Cc2cscn2)n1. The highest BCUT2D eigenvalue weighted by Crippen LogP contribution is 2.26. The number of aromatic nitrogens is 2. The van der Waals surface area contributed by atoms with E-state index in [1.165, 1.54) is 10.8 Å². The van der Waals surface area contributed by atoms with Gasteiger partial charge in [-0.2, -0.15) is 0 Å². The minimum absolute atomic E-state index is 0.766. The fourth-order valence-corrected chi connectivity index (χ4v) is 2.98. The van der Waals surface area contributed by atoms with Crippen LogP contribution in [-0.2, 0) is 13.1 Å². The quantitative estimate of drug-likeness (QED) is 0.786. The lowest BCUT2D eigenvalue weighted by Crippen LogP contribution is -2.19. The van der Waals surface area contributed by atoms with Crippen molar-refractivity contribution in [2.45, 2.75) is 13.1 Å². The molecule has 0 aliphatic rings. The number of fused-ring (bicyclic) bond motifs is 1. The highest BCUT2D eigenvalue weighted by Gasteiger charge is 2.11. The van der Waals surface area contributed by atoms with Gasteiger partial charge in [0.2, 0.25) is 0 Å². The van der Waals surface area contributed by atoms with Gasteiger partial charge in [-0.1, -0.05) is 24.3 Å². The summed E-state index contributed by atoms with van der Waals surface area (Å²) in [7, 11) is 4.01. The molecule has 1 N–H and O–H groups in total. The minimum atomic E-state index is 0.766. The van der Waals surface area contributed by atoms with Crippen LogP contribution in [0.15, 0.2) is 41.2 Å². The van der Waals surface area contributed by atoms with E-state index in [1.807, 2.05) is 12.6 Å². The zero-order chi connectivity index (χ0) is 14.7. The molecule has 1 aromatic carbocycles. The molecule has 0 amide bonds. The maximum Gasteiger partial charge on any atom is 0.136 e. The summed E-state index contributed by atoms with van der Waals surface area (Å²) in [5.41, 5.74) is 4.00. The Morgan fingerprint density at radius 2 is 2.10 bits per heavy atom.